The molecule has 0 saturated carbocycles. The van der Waals surface area contributed by atoms with E-state index in [0.717, 1.165) is 17.1 Å². The summed E-state index contributed by atoms with van der Waals surface area (Å²) in [7, 11) is 3.57. The Morgan fingerprint density at radius 1 is 0.914 bits per heavy atom. The highest BCUT2D eigenvalue weighted by atomic mass is 35.5. The van der Waals surface area contributed by atoms with Crippen molar-refractivity contribution in [3.05, 3.63) is 101 Å². The first-order valence-corrected chi connectivity index (χ1v) is 12.1. The second kappa shape index (κ2) is 10.9. The predicted molar refractivity (Wildman–Crippen MR) is 138 cm³/mol. The van der Waals surface area contributed by atoms with Crippen LogP contribution in [-0.2, 0) is 11.3 Å². The molecule has 0 aliphatic heterocycles. The molecule has 0 fully saturated rings. The smallest absolute Gasteiger partial charge is 0.237 e. The molecule has 4 aromatic rings. The number of carbonyl (C=O) groups is 1. The van der Waals surface area contributed by atoms with E-state index in [1.807, 2.05) is 28.6 Å². The lowest BCUT2D eigenvalue weighted by atomic mass is 10.2. The largest absolute Gasteiger partial charge is 0.369 e. The average Bonchev–Trinajstić information content (AvgIpc) is 3.25. The molecule has 0 aliphatic carbocycles. The van der Waals surface area contributed by atoms with E-state index in [-0.39, 0.29) is 23.3 Å². The van der Waals surface area contributed by atoms with Crippen LogP contribution in [0.5, 0.6) is 0 Å². The van der Waals surface area contributed by atoms with Gasteiger partial charge in [-0.15, -0.1) is 0 Å². The van der Waals surface area contributed by atoms with Gasteiger partial charge in [-0.25, -0.2) is 13.8 Å². The number of benzene rings is 3. The van der Waals surface area contributed by atoms with Crippen molar-refractivity contribution in [2.75, 3.05) is 29.6 Å². The van der Waals surface area contributed by atoms with E-state index >= 15 is 0 Å². The van der Waals surface area contributed by atoms with E-state index in [1.54, 1.807) is 49.6 Å². The summed E-state index contributed by atoms with van der Waals surface area (Å²) in [6.45, 7) is 0.505. The molecular weight excluding hydrogens is 490 g/mol. The zero-order valence-electron chi connectivity index (χ0n) is 19.2. The van der Waals surface area contributed by atoms with E-state index in [4.69, 9.17) is 11.6 Å². The molecule has 0 saturated heterocycles. The predicted octanol–water partition coefficient (Wildman–Crippen LogP) is 6.20. The quantitative estimate of drug-likeness (QED) is 0.264. The van der Waals surface area contributed by atoms with Gasteiger partial charge in [-0.3, -0.25) is 9.36 Å². The minimum absolute atomic E-state index is 0.141. The number of hydrogen-bond donors (Lipinski definition) is 0. The summed E-state index contributed by atoms with van der Waals surface area (Å²) in [5.41, 5.74) is 3.22. The number of nitrogens with zero attached hydrogens (tertiary/aromatic N) is 4. The Bertz CT molecular complexity index is 1290. The van der Waals surface area contributed by atoms with Crippen LogP contribution >= 0.6 is 23.4 Å². The SMILES string of the molecule is CN(Cc1cnc(SCC(=O)N(C)c2ccc(F)cc2)n1-c1ccc(Cl)cc1)c1ccc(F)cc1. The summed E-state index contributed by atoms with van der Waals surface area (Å²) in [4.78, 5) is 20.9. The second-order valence-corrected chi connectivity index (χ2v) is 9.27. The van der Waals surface area contributed by atoms with Crippen LogP contribution < -0.4 is 9.80 Å². The number of carbonyl (C=O) groups excluding carboxylic acids is 1. The molecule has 0 spiro atoms. The maximum Gasteiger partial charge on any atom is 0.237 e. The van der Waals surface area contributed by atoms with Gasteiger partial charge >= 0.3 is 0 Å². The highest BCUT2D eigenvalue weighted by Gasteiger charge is 2.18. The lowest BCUT2D eigenvalue weighted by Crippen LogP contribution is -2.28. The number of halogens is 3. The van der Waals surface area contributed by atoms with Crippen LogP contribution in [0.3, 0.4) is 0 Å². The first kappa shape index (κ1) is 24.8. The number of thioether (sulfide) groups is 1. The first-order chi connectivity index (χ1) is 16.8. The van der Waals surface area contributed by atoms with Crippen LogP contribution in [0.4, 0.5) is 20.2 Å². The van der Waals surface area contributed by atoms with Crippen molar-refractivity contribution in [3.63, 3.8) is 0 Å². The Morgan fingerprint density at radius 2 is 1.49 bits per heavy atom. The van der Waals surface area contributed by atoms with Gasteiger partial charge in [-0.2, -0.15) is 0 Å². The first-order valence-electron chi connectivity index (χ1n) is 10.8. The summed E-state index contributed by atoms with van der Waals surface area (Å²) in [6.07, 6.45) is 1.77. The van der Waals surface area contributed by atoms with E-state index in [0.29, 0.717) is 22.4 Å². The van der Waals surface area contributed by atoms with Crippen molar-refractivity contribution in [1.29, 1.82) is 0 Å². The molecule has 1 amide bonds. The molecule has 3 aromatic carbocycles. The van der Waals surface area contributed by atoms with E-state index in [2.05, 4.69) is 4.98 Å². The number of anilines is 2. The third-order valence-corrected chi connectivity index (χ3v) is 6.66. The fraction of sp³-hybridized carbons (Fsp3) is 0.154. The molecule has 0 radical (unpaired) electrons. The molecule has 1 heterocycles. The van der Waals surface area contributed by atoms with Gasteiger partial charge in [0.25, 0.3) is 0 Å². The normalized spacial score (nSPS) is 10.9. The zero-order chi connectivity index (χ0) is 24.9. The minimum atomic E-state index is -0.355. The van der Waals surface area contributed by atoms with Gasteiger partial charge in [0.15, 0.2) is 5.16 Å². The molecule has 0 unspecified atom stereocenters. The molecule has 4 rings (SSSR count). The number of hydrogen-bond acceptors (Lipinski definition) is 4. The summed E-state index contributed by atoms with van der Waals surface area (Å²) in [5, 5.41) is 1.26. The number of imidazole rings is 1. The molecule has 0 N–H and O–H groups in total. The highest BCUT2D eigenvalue weighted by molar-refractivity contribution is 7.99. The Labute approximate surface area is 212 Å². The topological polar surface area (TPSA) is 41.4 Å². The van der Waals surface area contributed by atoms with Gasteiger partial charge in [0, 0.05) is 36.2 Å². The third kappa shape index (κ3) is 6.01. The molecule has 0 bridgehead atoms. The summed E-state index contributed by atoms with van der Waals surface area (Å²) in [5.74, 6) is -0.641. The highest BCUT2D eigenvalue weighted by Crippen LogP contribution is 2.27. The van der Waals surface area contributed by atoms with Crippen LogP contribution in [0.2, 0.25) is 5.02 Å². The fourth-order valence-electron chi connectivity index (χ4n) is 3.51. The standard InChI is InChI=1S/C26H23ClF2N4OS/c1-31(21-11-5-19(28)6-12-21)16-24-15-30-26(33(24)23-9-3-18(27)4-10-23)35-17-25(34)32(2)22-13-7-20(29)8-14-22/h3-15H,16-17H2,1-2H3. The number of rotatable bonds is 8. The molecule has 35 heavy (non-hydrogen) atoms. The molecule has 180 valence electrons. The summed E-state index contributed by atoms with van der Waals surface area (Å²) >= 11 is 7.40. The lowest BCUT2D eigenvalue weighted by molar-refractivity contribution is -0.115. The Morgan fingerprint density at radius 3 is 2.09 bits per heavy atom. The van der Waals surface area contributed by atoms with Gasteiger partial charge in [0.2, 0.25) is 5.91 Å². The van der Waals surface area contributed by atoms with Crippen LogP contribution in [0.25, 0.3) is 5.69 Å². The van der Waals surface area contributed by atoms with E-state index in [9.17, 15) is 13.6 Å². The van der Waals surface area contributed by atoms with Crippen LogP contribution in [0, 0.1) is 11.6 Å². The van der Waals surface area contributed by atoms with Crippen molar-refractivity contribution in [3.8, 4) is 5.69 Å². The maximum absolute atomic E-state index is 13.3. The lowest BCUT2D eigenvalue weighted by Gasteiger charge is -2.21. The summed E-state index contributed by atoms with van der Waals surface area (Å²) in [6, 6.07) is 19.4. The molecule has 0 aliphatic rings. The van der Waals surface area contributed by atoms with Crippen molar-refractivity contribution in [1.82, 2.24) is 9.55 Å². The van der Waals surface area contributed by atoms with E-state index in [1.165, 1.54) is 40.9 Å². The van der Waals surface area contributed by atoms with Crippen molar-refractivity contribution in [2.45, 2.75) is 11.7 Å². The molecule has 0 atom stereocenters. The van der Waals surface area contributed by atoms with Gasteiger partial charge < -0.3 is 9.80 Å². The van der Waals surface area contributed by atoms with Crippen molar-refractivity contribution >= 4 is 40.6 Å². The van der Waals surface area contributed by atoms with Gasteiger partial charge in [0.1, 0.15) is 11.6 Å². The molecular formula is C26H23ClF2N4OS. The van der Waals surface area contributed by atoms with Crippen molar-refractivity contribution < 1.29 is 13.6 Å². The average molecular weight is 513 g/mol. The van der Waals surface area contributed by atoms with Gasteiger partial charge in [-0.1, -0.05) is 23.4 Å². The maximum atomic E-state index is 13.3. The molecule has 1 aromatic heterocycles. The third-order valence-electron chi connectivity index (χ3n) is 5.47. The fourth-order valence-corrected chi connectivity index (χ4v) is 4.56. The Hall–Kier alpha value is -3.36. The Kier molecular flexibility index (Phi) is 7.73. The van der Waals surface area contributed by atoms with Crippen LogP contribution in [0.15, 0.2) is 84.1 Å². The Balaban J connectivity index is 1.56. The van der Waals surface area contributed by atoms with Gasteiger partial charge in [0.05, 0.1) is 24.2 Å². The van der Waals surface area contributed by atoms with E-state index < -0.39 is 0 Å². The zero-order valence-corrected chi connectivity index (χ0v) is 20.7. The minimum Gasteiger partial charge on any atom is -0.369 e. The van der Waals surface area contributed by atoms with Crippen LogP contribution in [0.1, 0.15) is 5.69 Å². The summed E-state index contributed by atoms with van der Waals surface area (Å²) < 4.78 is 28.5. The van der Waals surface area contributed by atoms with Gasteiger partial charge in [-0.05, 0) is 72.8 Å². The molecule has 9 heteroatoms. The van der Waals surface area contributed by atoms with Crippen molar-refractivity contribution in [2.24, 2.45) is 0 Å². The van der Waals surface area contributed by atoms with Crippen LogP contribution in [-0.4, -0.2) is 35.3 Å². The second-order valence-electron chi connectivity index (χ2n) is 7.89. The monoisotopic (exact) mass is 512 g/mol. The number of aromatic nitrogens is 2. The molecule has 5 nitrogen and oxygen atoms in total. The number of amides is 1.